The standard InChI is InChI=1S/C12H13BrFNO2/c13-8-5-9(14)7-10(6-8)15-11(16)12(17)3-1-2-4-12/h5-7,17H,1-4H2,(H,15,16). The van der Waals surface area contributed by atoms with Crippen LogP contribution in [0.5, 0.6) is 0 Å². The Morgan fingerprint density at radius 2 is 2.00 bits per heavy atom. The zero-order valence-corrected chi connectivity index (χ0v) is 10.8. The number of amides is 1. The number of rotatable bonds is 2. The van der Waals surface area contributed by atoms with Crippen molar-refractivity contribution in [1.29, 1.82) is 0 Å². The lowest BCUT2D eigenvalue weighted by molar-refractivity contribution is -0.133. The molecule has 0 atom stereocenters. The molecule has 1 aliphatic carbocycles. The molecule has 1 saturated carbocycles. The predicted octanol–water partition coefficient (Wildman–Crippen LogP) is 2.83. The van der Waals surface area contributed by atoms with Crippen molar-refractivity contribution < 1.29 is 14.3 Å². The summed E-state index contributed by atoms with van der Waals surface area (Å²) < 4.78 is 13.7. The fourth-order valence-electron chi connectivity index (χ4n) is 2.06. The lowest BCUT2D eigenvalue weighted by Gasteiger charge is -2.21. The second kappa shape index (κ2) is 4.74. The van der Waals surface area contributed by atoms with Crippen LogP contribution in [0.15, 0.2) is 22.7 Å². The van der Waals surface area contributed by atoms with Gasteiger partial charge in [-0.3, -0.25) is 4.79 Å². The quantitative estimate of drug-likeness (QED) is 0.882. The molecule has 1 fully saturated rings. The number of aliphatic hydroxyl groups is 1. The molecule has 0 aromatic heterocycles. The van der Waals surface area contributed by atoms with E-state index in [1.807, 2.05) is 0 Å². The van der Waals surface area contributed by atoms with Crippen LogP contribution in [0.2, 0.25) is 0 Å². The molecule has 0 aliphatic heterocycles. The third kappa shape index (κ3) is 2.84. The molecule has 1 aromatic rings. The second-order valence-electron chi connectivity index (χ2n) is 4.35. The van der Waals surface area contributed by atoms with Gasteiger partial charge in [-0.2, -0.15) is 0 Å². The highest BCUT2D eigenvalue weighted by atomic mass is 79.9. The van der Waals surface area contributed by atoms with Gasteiger partial charge in [-0.05, 0) is 43.9 Å². The maximum absolute atomic E-state index is 13.1. The van der Waals surface area contributed by atoms with E-state index in [2.05, 4.69) is 21.2 Å². The third-order valence-corrected chi connectivity index (χ3v) is 3.43. The SMILES string of the molecule is O=C(Nc1cc(F)cc(Br)c1)C1(O)CCCC1. The number of halogens is 2. The predicted molar refractivity (Wildman–Crippen MR) is 66.1 cm³/mol. The van der Waals surface area contributed by atoms with Crippen molar-refractivity contribution >= 4 is 27.5 Å². The highest BCUT2D eigenvalue weighted by Crippen LogP contribution is 2.31. The summed E-state index contributed by atoms with van der Waals surface area (Å²) in [5.74, 6) is -0.888. The van der Waals surface area contributed by atoms with E-state index in [1.54, 1.807) is 6.07 Å². The van der Waals surface area contributed by atoms with E-state index in [0.717, 1.165) is 12.8 Å². The van der Waals surface area contributed by atoms with Gasteiger partial charge in [-0.25, -0.2) is 4.39 Å². The third-order valence-electron chi connectivity index (χ3n) is 2.97. The topological polar surface area (TPSA) is 49.3 Å². The maximum Gasteiger partial charge on any atom is 0.256 e. The van der Waals surface area contributed by atoms with Crippen molar-refractivity contribution in [2.24, 2.45) is 0 Å². The average molecular weight is 302 g/mol. The number of carbonyl (C=O) groups excluding carboxylic acids is 1. The summed E-state index contributed by atoms with van der Waals surface area (Å²) in [6, 6.07) is 4.13. The van der Waals surface area contributed by atoms with E-state index in [1.165, 1.54) is 12.1 Å². The molecular formula is C12H13BrFNO2. The molecule has 1 aliphatic rings. The van der Waals surface area contributed by atoms with Gasteiger partial charge in [0.2, 0.25) is 0 Å². The van der Waals surface area contributed by atoms with Crippen LogP contribution in [-0.4, -0.2) is 16.6 Å². The minimum absolute atomic E-state index is 0.349. The van der Waals surface area contributed by atoms with E-state index in [-0.39, 0.29) is 0 Å². The molecule has 0 unspecified atom stereocenters. The molecule has 3 nitrogen and oxygen atoms in total. The van der Waals surface area contributed by atoms with Gasteiger partial charge < -0.3 is 10.4 Å². The van der Waals surface area contributed by atoms with Crippen molar-refractivity contribution in [3.63, 3.8) is 0 Å². The zero-order chi connectivity index (χ0) is 12.5. The summed E-state index contributed by atoms with van der Waals surface area (Å²) in [4.78, 5) is 11.9. The van der Waals surface area contributed by atoms with Crippen LogP contribution in [-0.2, 0) is 4.79 Å². The molecule has 0 radical (unpaired) electrons. The molecule has 0 spiro atoms. The van der Waals surface area contributed by atoms with Crippen molar-refractivity contribution in [2.45, 2.75) is 31.3 Å². The fourth-order valence-corrected chi connectivity index (χ4v) is 2.53. The summed E-state index contributed by atoms with van der Waals surface area (Å²) in [7, 11) is 0. The van der Waals surface area contributed by atoms with Crippen LogP contribution in [0.3, 0.4) is 0 Å². The van der Waals surface area contributed by atoms with Crippen LogP contribution < -0.4 is 5.32 Å². The molecule has 0 bridgehead atoms. The molecule has 92 valence electrons. The molecule has 2 rings (SSSR count). The van der Waals surface area contributed by atoms with Crippen molar-refractivity contribution in [3.8, 4) is 0 Å². The number of carbonyl (C=O) groups is 1. The van der Waals surface area contributed by atoms with Crippen molar-refractivity contribution in [3.05, 3.63) is 28.5 Å². The van der Waals surface area contributed by atoms with E-state index >= 15 is 0 Å². The second-order valence-corrected chi connectivity index (χ2v) is 5.27. The summed E-state index contributed by atoms with van der Waals surface area (Å²) in [5.41, 5.74) is -0.944. The number of anilines is 1. The first kappa shape index (κ1) is 12.5. The zero-order valence-electron chi connectivity index (χ0n) is 9.17. The Labute approximate surface area is 107 Å². The van der Waals surface area contributed by atoms with Gasteiger partial charge >= 0.3 is 0 Å². The van der Waals surface area contributed by atoms with E-state index < -0.39 is 17.3 Å². The van der Waals surface area contributed by atoms with Gasteiger partial charge in [0.05, 0.1) is 0 Å². The highest BCUT2D eigenvalue weighted by Gasteiger charge is 2.38. The monoisotopic (exact) mass is 301 g/mol. The Morgan fingerprint density at radius 1 is 1.35 bits per heavy atom. The summed E-state index contributed by atoms with van der Waals surface area (Å²) in [5, 5.41) is 12.6. The Hall–Kier alpha value is -0.940. The Balaban J connectivity index is 2.12. The largest absolute Gasteiger partial charge is 0.380 e. The van der Waals surface area contributed by atoms with Crippen LogP contribution in [0.1, 0.15) is 25.7 Å². The summed E-state index contributed by atoms with van der Waals surface area (Å²) in [6.45, 7) is 0. The number of hydrogen-bond acceptors (Lipinski definition) is 2. The Morgan fingerprint density at radius 3 is 2.59 bits per heavy atom. The fraction of sp³-hybridized carbons (Fsp3) is 0.417. The molecule has 1 amide bonds. The van der Waals surface area contributed by atoms with Gasteiger partial charge in [0.15, 0.2) is 0 Å². The molecule has 17 heavy (non-hydrogen) atoms. The lowest BCUT2D eigenvalue weighted by Crippen LogP contribution is -2.40. The number of benzene rings is 1. The first-order chi connectivity index (χ1) is 7.99. The van der Waals surface area contributed by atoms with Crippen LogP contribution >= 0.6 is 15.9 Å². The van der Waals surface area contributed by atoms with Gasteiger partial charge in [-0.15, -0.1) is 0 Å². The number of hydrogen-bond donors (Lipinski definition) is 2. The van der Waals surface area contributed by atoms with Gasteiger partial charge in [-0.1, -0.05) is 15.9 Å². The average Bonchev–Trinajstić information content (AvgIpc) is 2.64. The highest BCUT2D eigenvalue weighted by molar-refractivity contribution is 9.10. The Bertz CT molecular complexity index is 424. The number of nitrogens with one attached hydrogen (secondary N) is 1. The normalized spacial score (nSPS) is 18.1. The minimum atomic E-state index is -1.29. The summed E-state index contributed by atoms with van der Waals surface area (Å²) in [6.07, 6.45) is 2.62. The molecule has 5 heteroatoms. The molecule has 0 heterocycles. The van der Waals surface area contributed by atoms with Crippen LogP contribution in [0.25, 0.3) is 0 Å². The van der Waals surface area contributed by atoms with E-state index in [9.17, 15) is 14.3 Å². The molecule has 2 N–H and O–H groups in total. The van der Waals surface area contributed by atoms with Gasteiger partial charge in [0.25, 0.3) is 5.91 Å². The minimum Gasteiger partial charge on any atom is -0.380 e. The molecule has 1 aromatic carbocycles. The molecule has 0 saturated heterocycles. The van der Waals surface area contributed by atoms with E-state index in [4.69, 9.17) is 0 Å². The lowest BCUT2D eigenvalue weighted by atomic mass is 10.0. The van der Waals surface area contributed by atoms with Crippen LogP contribution in [0.4, 0.5) is 10.1 Å². The smallest absolute Gasteiger partial charge is 0.256 e. The maximum atomic E-state index is 13.1. The van der Waals surface area contributed by atoms with Crippen molar-refractivity contribution in [1.82, 2.24) is 0 Å². The Kier molecular flexibility index (Phi) is 3.49. The van der Waals surface area contributed by atoms with Gasteiger partial charge in [0.1, 0.15) is 11.4 Å². The first-order valence-electron chi connectivity index (χ1n) is 5.49. The van der Waals surface area contributed by atoms with Gasteiger partial charge in [0, 0.05) is 10.2 Å². The summed E-state index contributed by atoms with van der Waals surface area (Å²) >= 11 is 3.15. The van der Waals surface area contributed by atoms with Crippen LogP contribution in [0, 0.1) is 5.82 Å². The first-order valence-corrected chi connectivity index (χ1v) is 6.29. The van der Waals surface area contributed by atoms with E-state index in [0.29, 0.717) is 23.0 Å². The van der Waals surface area contributed by atoms with Crippen molar-refractivity contribution in [2.75, 3.05) is 5.32 Å². The molecular weight excluding hydrogens is 289 g/mol.